The molecule has 7 nitrogen and oxygen atoms in total. The fourth-order valence-electron chi connectivity index (χ4n) is 3.04. The predicted octanol–water partition coefficient (Wildman–Crippen LogP) is 3.08. The number of hydrogen-bond donors (Lipinski definition) is 0. The van der Waals surface area contributed by atoms with Gasteiger partial charge in [0.25, 0.3) is 5.56 Å². The summed E-state index contributed by atoms with van der Waals surface area (Å²) in [6.07, 6.45) is 1.07. The number of ketones is 1. The molecule has 0 unspecified atom stereocenters. The normalized spacial score (nSPS) is 11.8. The summed E-state index contributed by atoms with van der Waals surface area (Å²) in [6.45, 7) is 5.96. The number of Topliss-reactive ketones (excluding diaryl/α,β-unsaturated/α-hetero) is 1. The topological polar surface area (TPSA) is 86.8 Å². The minimum Gasteiger partial charge on any atom is -0.294 e. The van der Waals surface area contributed by atoms with E-state index in [0.717, 1.165) is 4.57 Å². The van der Waals surface area contributed by atoms with E-state index in [1.807, 2.05) is 51.1 Å². The van der Waals surface area contributed by atoms with Gasteiger partial charge in [0, 0.05) is 31.5 Å². The maximum absolute atomic E-state index is 12.8. The monoisotopic (exact) mass is 426 g/mol. The van der Waals surface area contributed by atoms with Crippen LogP contribution in [0.3, 0.4) is 0 Å². The summed E-state index contributed by atoms with van der Waals surface area (Å²) in [5.41, 5.74) is -0.129. The molecule has 0 aliphatic rings. The summed E-state index contributed by atoms with van der Waals surface area (Å²) in [5.74, 6) is 1.29. The van der Waals surface area contributed by atoms with Crippen LogP contribution in [-0.2, 0) is 19.5 Å². The molecule has 30 heavy (non-hydrogen) atoms. The third kappa shape index (κ3) is 4.38. The van der Waals surface area contributed by atoms with Crippen molar-refractivity contribution in [2.24, 2.45) is 14.1 Å². The van der Waals surface area contributed by atoms with E-state index in [4.69, 9.17) is 0 Å². The summed E-state index contributed by atoms with van der Waals surface area (Å²) in [7, 11) is 3.06. The second-order valence-corrected chi connectivity index (χ2v) is 9.33. The number of rotatable bonds is 6. The summed E-state index contributed by atoms with van der Waals surface area (Å²) in [4.78, 5) is 46.7. The molecule has 8 heteroatoms. The number of carbonyl (C=O) groups is 1. The zero-order chi connectivity index (χ0) is 22.1. The maximum Gasteiger partial charge on any atom is 0.332 e. The van der Waals surface area contributed by atoms with Gasteiger partial charge in [-0.25, -0.2) is 14.8 Å². The molecule has 0 amide bonds. The summed E-state index contributed by atoms with van der Waals surface area (Å²) in [6, 6.07) is 9.21. The van der Waals surface area contributed by atoms with Crippen molar-refractivity contribution in [1.29, 1.82) is 0 Å². The largest absolute Gasteiger partial charge is 0.332 e. The minimum absolute atomic E-state index is 0.0948. The van der Waals surface area contributed by atoms with Crippen molar-refractivity contribution < 1.29 is 4.79 Å². The van der Waals surface area contributed by atoms with Crippen LogP contribution in [0.2, 0.25) is 0 Å². The number of nitrogens with zero attached hydrogens (tertiary/aromatic N) is 4. The average molecular weight is 427 g/mol. The van der Waals surface area contributed by atoms with Crippen LogP contribution in [0.4, 0.5) is 0 Å². The van der Waals surface area contributed by atoms with Crippen LogP contribution >= 0.6 is 11.8 Å². The molecule has 0 atom stereocenters. The van der Waals surface area contributed by atoms with Gasteiger partial charge in [-0.1, -0.05) is 51.1 Å². The van der Waals surface area contributed by atoms with Crippen LogP contribution in [-0.4, -0.2) is 30.6 Å². The number of benzene rings is 1. The Bertz CT molecular complexity index is 1210. The molecule has 0 spiro atoms. The lowest BCUT2D eigenvalue weighted by Crippen LogP contribution is -2.38. The van der Waals surface area contributed by atoms with Crippen molar-refractivity contribution in [2.45, 2.75) is 44.1 Å². The summed E-state index contributed by atoms with van der Waals surface area (Å²) in [5, 5.41) is 0.889. The number of aromatic nitrogens is 4. The Morgan fingerprint density at radius 1 is 1.03 bits per heavy atom. The van der Waals surface area contributed by atoms with E-state index in [1.54, 1.807) is 7.05 Å². The average Bonchev–Trinajstić information content (AvgIpc) is 2.72. The molecule has 0 aliphatic heterocycles. The Hall–Kier alpha value is -2.74. The molecular weight excluding hydrogens is 400 g/mol. The minimum atomic E-state index is -0.421. The van der Waals surface area contributed by atoms with Crippen molar-refractivity contribution in [3.8, 4) is 0 Å². The van der Waals surface area contributed by atoms with Crippen molar-refractivity contribution >= 4 is 28.6 Å². The van der Waals surface area contributed by atoms with E-state index in [0.29, 0.717) is 46.0 Å². The van der Waals surface area contributed by atoms with Crippen LogP contribution < -0.4 is 11.2 Å². The van der Waals surface area contributed by atoms with E-state index in [-0.39, 0.29) is 11.2 Å². The smallest absolute Gasteiger partial charge is 0.294 e. The standard InChI is InChI=1S/C22H26N4O3S/c1-22(2,3)20-23-17-16(19(28)26(5)21(29)25(17)4)18(24-20)30-13-9-12-15(27)14-10-7-6-8-11-14/h6-8,10-11H,9,12-13H2,1-5H3. The lowest BCUT2D eigenvalue weighted by atomic mass is 9.96. The van der Waals surface area contributed by atoms with Gasteiger partial charge in [0.05, 0.1) is 0 Å². The fourth-order valence-corrected chi connectivity index (χ4v) is 3.99. The fraction of sp³-hybridized carbons (Fsp3) is 0.409. The first-order valence-electron chi connectivity index (χ1n) is 9.80. The molecule has 0 radical (unpaired) electrons. The number of fused-ring (bicyclic) bond motifs is 1. The molecule has 3 rings (SSSR count). The molecule has 2 aromatic heterocycles. The molecule has 0 saturated heterocycles. The predicted molar refractivity (Wildman–Crippen MR) is 119 cm³/mol. The Morgan fingerprint density at radius 3 is 2.33 bits per heavy atom. The number of hydrogen-bond acceptors (Lipinski definition) is 6. The molecule has 0 bridgehead atoms. The lowest BCUT2D eigenvalue weighted by molar-refractivity contribution is 0.0982. The first kappa shape index (κ1) is 22.0. The highest BCUT2D eigenvalue weighted by atomic mass is 32.2. The van der Waals surface area contributed by atoms with Crippen molar-refractivity contribution in [3.05, 3.63) is 62.6 Å². The number of carbonyl (C=O) groups excluding carboxylic acids is 1. The van der Waals surface area contributed by atoms with Gasteiger partial charge in [-0.3, -0.25) is 18.7 Å². The summed E-state index contributed by atoms with van der Waals surface area (Å²) >= 11 is 1.42. The highest BCUT2D eigenvalue weighted by Crippen LogP contribution is 2.27. The summed E-state index contributed by atoms with van der Waals surface area (Å²) < 4.78 is 2.46. The van der Waals surface area contributed by atoms with Gasteiger partial charge in [-0.15, -0.1) is 11.8 Å². The molecule has 0 saturated carbocycles. The van der Waals surface area contributed by atoms with Crippen LogP contribution in [0.25, 0.3) is 11.0 Å². The number of thioether (sulfide) groups is 1. The van der Waals surface area contributed by atoms with Gasteiger partial charge in [0.15, 0.2) is 11.4 Å². The van der Waals surface area contributed by atoms with E-state index >= 15 is 0 Å². The molecule has 2 heterocycles. The first-order valence-corrected chi connectivity index (χ1v) is 10.8. The van der Waals surface area contributed by atoms with Crippen LogP contribution in [0.5, 0.6) is 0 Å². The van der Waals surface area contributed by atoms with Crippen molar-refractivity contribution in [2.75, 3.05) is 5.75 Å². The second kappa shape index (κ2) is 8.55. The van der Waals surface area contributed by atoms with Gasteiger partial charge in [-0.2, -0.15) is 0 Å². The van der Waals surface area contributed by atoms with Crippen LogP contribution in [0.15, 0.2) is 44.9 Å². The molecular formula is C22H26N4O3S. The Labute approximate surface area is 179 Å². The van der Waals surface area contributed by atoms with E-state index in [1.165, 1.54) is 23.4 Å². The number of aryl methyl sites for hydroxylation is 1. The highest BCUT2D eigenvalue weighted by molar-refractivity contribution is 7.99. The lowest BCUT2D eigenvalue weighted by Gasteiger charge is -2.19. The van der Waals surface area contributed by atoms with Gasteiger partial charge >= 0.3 is 5.69 Å². The quantitative estimate of drug-likeness (QED) is 0.261. The Morgan fingerprint density at radius 2 is 1.70 bits per heavy atom. The molecule has 3 aromatic rings. The van der Waals surface area contributed by atoms with E-state index in [9.17, 15) is 14.4 Å². The molecule has 0 fully saturated rings. The van der Waals surface area contributed by atoms with Crippen LogP contribution in [0.1, 0.15) is 49.8 Å². The van der Waals surface area contributed by atoms with Gasteiger partial charge in [-0.05, 0) is 12.2 Å². The zero-order valence-electron chi connectivity index (χ0n) is 17.9. The highest BCUT2D eigenvalue weighted by Gasteiger charge is 2.23. The molecule has 158 valence electrons. The Balaban J connectivity index is 1.91. The Kier molecular flexibility index (Phi) is 6.26. The molecule has 0 aliphatic carbocycles. The SMILES string of the molecule is Cn1c(=O)c2c(SCCCC(=O)c3ccccc3)nc(C(C)(C)C)nc2n(C)c1=O. The van der Waals surface area contributed by atoms with Crippen molar-refractivity contribution in [1.82, 2.24) is 19.1 Å². The van der Waals surface area contributed by atoms with E-state index < -0.39 is 11.2 Å². The third-order valence-electron chi connectivity index (χ3n) is 4.82. The second-order valence-electron chi connectivity index (χ2n) is 8.25. The maximum atomic E-state index is 12.8. The van der Waals surface area contributed by atoms with Gasteiger partial charge < -0.3 is 0 Å². The van der Waals surface area contributed by atoms with Crippen LogP contribution in [0, 0.1) is 0 Å². The zero-order valence-corrected chi connectivity index (χ0v) is 18.7. The van der Waals surface area contributed by atoms with Gasteiger partial charge in [0.2, 0.25) is 0 Å². The third-order valence-corrected chi connectivity index (χ3v) is 5.88. The molecule has 1 aromatic carbocycles. The first-order chi connectivity index (χ1) is 14.1. The van der Waals surface area contributed by atoms with Crippen molar-refractivity contribution in [3.63, 3.8) is 0 Å². The van der Waals surface area contributed by atoms with Gasteiger partial charge in [0.1, 0.15) is 16.2 Å². The molecule has 0 N–H and O–H groups in total. The van der Waals surface area contributed by atoms with E-state index in [2.05, 4.69) is 9.97 Å².